The molecule has 3 aliphatic heterocycles. The minimum absolute atomic E-state index is 0.106. The number of likely N-dealkylation sites (N-methyl/N-ethyl adjacent to an activating group) is 1. The third-order valence-electron chi connectivity index (χ3n) is 5.70. The molecular formula is C20H24FN5O2. The Bertz CT molecular complexity index is 894. The molecule has 0 spiro atoms. The van der Waals surface area contributed by atoms with Crippen molar-refractivity contribution in [3.63, 3.8) is 0 Å². The van der Waals surface area contributed by atoms with Gasteiger partial charge in [0.05, 0.1) is 6.54 Å². The van der Waals surface area contributed by atoms with Gasteiger partial charge in [-0.1, -0.05) is 19.1 Å². The molecule has 2 unspecified atom stereocenters. The molecule has 3 heterocycles. The van der Waals surface area contributed by atoms with Crippen molar-refractivity contribution in [2.24, 2.45) is 4.99 Å². The van der Waals surface area contributed by atoms with E-state index in [9.17, 15) is 14.0 Å². The van der Waals surface area contributed by atoms with E-state index in [2.05, 4.69) is 11.8 Å². The number of nitrogens with zero attached hydrogens (tertiary/aromatic N) is 5. The lowest BCUT2D eigenvalue weighted by molar-refractivity contribution is -0.137. The summed E-state index contributed by atoms with van der Waals surface area (Å²) < 4.78 is 13.2. The van der Waals surface area contributed by atoms with E-state index in [4.69, 9.17) is 4.99 Å². The number of hydrogen-bond donors (Lipinski definition) is 0. The van der Waals surface area contributed by atoms with Gasteiger partial charge in [-0.05, 0) is 38.0 Å². The van der Waals surface area contributed by atoms with Crippen LogP contribution < -0.4 is 0 Å². The van der Waals surface area contributed by atoms with Crippen LogP contribution in [0.15, 0.2) is 40.7 Å². The Hall–Kier alpha value is -2.90. The van der Waals surface area contributed by atoms with E-state index in [1.165, 1.54) is 21.9 Å². The number of urea groups is 1. The molecule has 0 bridgehead atoms. The standard InChI is InChI=1S/C20H24FN5O2/c1-5-10-24-12(2)13(3)26-16-17(22-19(24)26)23(4)20(28)25(18(16)27)11-14-6-8-15(21)9-7-14/h6-9,16-17H,5,10-11H2,1-4H3. The third-order valence-corrected chi connectivity index (χ3v) is 5.70. The van der Waals surface area contributed by atoms with Crippen molar-refractivity contribution in [2.75, 3.05) is 13.6 Å². The van der Waals surface area contributed by atoms with E-state index in [0.717, 1.165) is 30.3 Å². The van der Waals surface area contributed by atoms with Gasteiger partial charge in [0.15, 0.2) is 12.2 Å². The molecule has 0 saturated carbocycles. The van der Waals surface area contributed by atoms with Gasteiger partial charge >= 0.3 is 6.03 Å². The summed E-state index contributed by atoms with van der Waals surface area (Å²) in [5, 5.41) is 0. The molecule has 3 amide bonds. The molecule has 0 N–H and O–H groups in total. The number of benzene rings is 1. The van der Waals surface area contributed by atoms with E-state index >= 15 is 0 Å². The molecule has 1 fully saturated rings. The first-order valence-electron chi connectivity index (χ1n) is 9.49. The van der Waals surface area contributed by atoms with E-state index in [1.807, 2.05) is 18.7 Å². The van der Waals surface area contributed by atoms with Crippen LogP contribution in [0.2, 0.25) is 0 Å². The molecular weight excluding hydrogens is 361 g/mol. The van der Waals surface area contributed by atoms with Gasteiger partial charge in [0.25, 0.3) is 5.91 Å². The van der Waals surface area contributed by atoms with Crippen molar-refractivity contribution in [1.29, 1.82) is 0 Å². The molecule has 1 aromatic carbocycles. The van der Waals surface area contributed by atoms with Gasteiger partial charge in [0.2, 0.25) is 5.96 Å². The molecule has 7 nitrogen and oxygen atoms in total. The summed E-state index contributed by atoms with van der Waals surface area (Å²) in [5.74, 6) is 0.112. The van der Waals surface area contributed by atoms with Gasteiger partial charge in [-0.15, -0.1) is 0 Å². The minimum Gasteiger partial charge on any atom is -0.315 e. The zero-order chi connectivity index (χ0) is 20.2. The van der Waals surface area contributed by atoms with Crippen LogP contribution in [0.1, 0.15) is 32.8 Å². The third kappa shape index (κ3) is 2.58. The van der Waals surface area contributed by atoms with Gasteiger partial charge < -0.3 is 9.80 Å². The fourth-order valence-corrected chi connectivity index (χ4v) is 4.09. The maximum Gasteiger partial charge on any atom is 0.328 e. The Labute approximate surface area is 163 Å². The quantitative estimate of drug-likeness (QED) is 0.799. The number of fused-ring (bicyclic) bond motifs is 3. The van der Waals surface area contributed by atoms with E-state index in [1.54, 1.807) is 19.2 Å². The predicted octanol–water partition coefficient (Wildman–Crippen LogP) is 2.56. The molecule has 0 aliphatic carbocycles. The number of halogens is 1. The molecule has 148 valence electrons. The maximum atomic E-state index is 13.3. The fourth-order valence-electron chi connectivity index (χ4n) is 4.09. The predicted molar refractivity (Wildman–Crippen MR) is 102 cm³/mol. The summed E-state index contributed by atoms with van der Waals surface area (Å²) in [6.07, 6.45) is 0.411. The maximum absolute atomic E-state index is 13.3. The molecule has 8 heteroatoms. The number of aliphatic imine (C=N–C) groups is 1. The second kappa shape index (κ2) is 6.61. The zero-order valence-electron chi connectivity index (χ0n) is 16.5. The summed E-state index contributed by atoms with van der Waals surface area (Å²) in [5.41, 5.74) is 2.76. The highest BCUT2D eigenvalue weighted by Crippen LogP contribution is 2.37. The SMILES string of the molecule is CCCN1C2=NC3C(C(=O)N(Cc4ccc(F)cc4)C(=O)N3C)N2C(C)=C1C. The first-order valence-corrected chi connectivity index (χ1v) is 9.49. The molecule has 2 atom stereocenters. The molecule has 0 radical (unpaired) electrons. The van der Waals surface area contributed by atoms with Crippen LogP contribution in [-0.4, -0.2) is 63.3 Å². The average molecular weight is 385 g/mol. The highest BCUT2D eigenvalue weighted by molar-refractivity contribution is 6.05. The van der Waals surface area contributed by atoms with E-state index in [-0.39, 0.29) is 24.3 Å². The van der Waals surface area contributed by atoms with Crippen molar-refractivity contribution in [2.45, 2.75) is 45.9 Å². The van der Waals surface area contributed by atoms with Crippen LogP contribution in [0.3, 0.4) is 0 Å². The number of carbonyl (C=O) groups is 2. The molecule has 28 heavy (non-hydrogen) atoms. The van der Waals surface area contributed by atoms with Crippen molar-refractivity contribution in [1.82, 2.24) is 19.6 Å². The lowest BCUT2D eigenvalue weighted by atomic mass is 10.1. The second-order valence-electron chi connectivity index (χ2n) is 7.42. The number of imide groups is 1. The molecule has 4 rings (SSSR count). The molecule has 1 saturated heterocycles. The van der Waals surface area contributed by atoms with Crippen LogP contribution in [0.25, 0.3) is 0 Å². The van der Waals surface area contributed by atoms with Crippen LogP contribution in [0.4, 0.5) is 9.18 Å². The second-order valence-corrected chi connectivity index (χ2v) is 7.42. The number of allylic oxidation sites excluding steroid dienone is 2. The summed E-state index contributed by atoms with van der Waals surface area (Å²) >= 11 is 0. The zero-order valence-corrected chi connectivity index (χ0v) is 16.5. The molecule has 1 aromatic rings. The summed E-state index contributed by atoms with van der Waals surface area (Å²) in [6.45, 7) is 7.02. The summed E-state index contributed by atoms with van der Waals surface area (Å²) in [7, 11) is 1.67. The number of hydrogen-bond acceptors (Lipinski definition) is 5. The fraction of sp³-hybridized carbons (Fsp3) is 0.450. The Morgan fingerprint density at radius 3 is 2.39 bits per heavy atom. The minimum atomic E-state index is -0.574. The topological polar surface area (TPSA) is 59.5 Å². The van der Waals surface area contributed by atoms with Crippen molar-refractivity contribution >= 4 is 17.9 Å². The van der Waals surface area contributed by atoms with Gasteiger partial charge in [-0.25, -0.2) is 14.2 Å². The van der Waals surface area contributed by atoms with Crippen molar-refractivity contribution in [3.05, 3.63) is 47.0 Å². The summed E-state index contributed by atoms with van der Waals surface area (Å²) in [6, 6.07) is 4.88. The highest BCUT2D eigenvalue weighted by atomic mass is 19.1. The van der Waals surface area contributed by atoms with Crippen LogP contribution >= 0.6 is 0 Å². The monoisotopic (exact) mass is 385 g/mol. The Balaban J connectivity index is 1.66. The van der Waals surface area contributed by atoms with E-state index < -0.39 is 12.2 Å². The number of guanidine groups is 1. The van der Waals surface area contributed by atoms with Gasteiger partial charge in [-0.2, -0.15) is 0 Å². The Morgan fingerprint density at radius 2 is 1.75 bits per heavy atom. The van der Waals surface area contributed by atoms with Gasteiger partial charge in [0, 0.05) is 25.0 Å². The highest BCUT2D eigenvalue weighted by Gasteiger charge is 2.55. The normalized spacial score (nSPS) is 24.2. The Kier molecular flexibility index (Phi) is 4.36. The van der Waals surface area contributed by atoms with Crippen LogP contribution in [0.5, 0.6) is 0 Å². The average Bonchev–Trinajstić information content (AvgIpc) is 3.17. The van der Waals surface area contributed by atoms with Gasteiger partial charge in [-0.3, -0.25) is 14.6 Å². The van der Waals surface area contributed by atoms with Crippen molar-refractivity contribution in [3.8, 4) is 0 Å². The van der Waals surface area contributed by atoms with Crippen LogP contribution in [-0.2, 0) is 11.3 Å². The Morgan fingerprint density at radius 1 is 1.07 bits per heavy atom. The lowest BCUT2D eigenvalue weighted by Gasteiger charge is -2.40. The molecule has 0 aromatic heterocycles. The van der Waals surface area contributed by atoms with Gasteiger partial charge in [0.1, 0.15) is 5.82 Å². The smallest absolute Gasteiger partial charge is 0.315 e. The van der Waals surface area contributed by atoms with Crippen LogP contribution in [0, 0.1) is 5.82 Å². The first-order chi connectivity index (χ1) is 13.3. The number of rotatable bonds is 4. The van der Waals surface area contributed by atoms with Crippen molar-refractivity contribution < 1.29 is 14.0 Å². The first kappa shape index (κ1) is 18.5. The molecule has 3 aliphatic rings. The largest absolute Gasteiger partial charge is 0.328 e. The number of amides is 3. The number of carbonyl (C=O) groups excluding carboxylic acids is 2. The summed E-state index contributed by atoms with van der Waals surface area (Å²) in [4.78, 5) is 37.8. The van der Waals surface area contributed by atoms with E-state index in [0.29, 0.717) is 5.56 Å². The lowest BCUT2D eigenvalue weighted by Crippen LogP contribution is -2.64.